The minimum absolute atomic E-state index is 0.520. The first kappa shape index (κ1) is 16.5. The van der Waals surface area contributed by atoms with Crippen molar-refractivity contribution >= 4 is 27.3 Å². The summed E-state index contributed by atoms with van der Waals surface area (Å²) in [5, 5.41) is 13.6. The Hall–Kier alpha value is -0.880. The highest BCUT2D eigenvalue weighted by Crippen LogP contribution is 2.26. The van der Waals surface area contributed by atoms with Gasteiger partial charge in [-0.2, -0.15) is 0 Å². The lowest BCUT2D eigenvalue weighted by Crippen LogP contribution is -2.23. The molecule has 2 aromatic rings. The lowest BCUT2D eigenvalue weighted by atomic mass is 10.1. The van der Waals surface area contributed by atoms with E-state index in [0.717, 1.165) is 33.6 Å². The first-order chi connectivity index (χ1) is 10.1. The topological polar surface area (TPSA) is 41.5 Å². The van der Waals surface area contributed by atoms with Gasteiger partial charge in [-0.05, 0) is 53.5 Å². The monoisotopic (exact) mass is 369 g/mol. The summed E-state index contributed by atoms with van der Waals surface area (Å²) in [6.07, 6.45) is 0.406. The van der Waals surface area contributed by atoms with Crippen LogP contribution in [0.2, 0.25) is 0 Å². The highest BCUT2D eigenvalue weighted by Gasteiger charge is 2.13. The molecular weight excluding hydrogens is 350 g/mol. The molecule has 3 nitrogen and oxygen atoms in total. The standard InChI is InChI=1S/C16H20BrNO2S/c1-11-3-5-15(20-2)13(9-11)14(19)10-18-8-7-12-4-6-16(17)21-12/h3-6,9,14,18-19H,7-8,10H2,1-2H3. The molecule has 0 amide bonds. The zero-order chi connectivity index (χ0) is 15.2. The number of benzene rings is 1. The number of aliphatic hydroxyl groups excluding tert-OH is 1. The Balaban J connectivity index is 1.84. The number of aryl methyl sites for hydroxylation is 1. The van der Waals surface area contributed by atoms with Gasteiger partial charge in [0.25, 0.3) is 0 Å². The average molecular weight is 370 g/mol. The second-order valence-corrected chi connectivity index (χ2v) is 7.47. The largest absolute Gasteiger partial charge is 0.496 e. The molecule has 0 aliphatic rings. The Morgan fingerprint density at radius 3 is 2.81 bits per heavy atom. The average Bonchev–Trinajstić information content (AvgIpc) is 2.89. The van der Waals surface area contributed by atoms with Gasteiger partial charge in [0.15, 0.2) is 0 Å². The van der Waals surface area contributed by atoms with Crippen LogP contribution in [-0.2, 0) is 6.42 Å². The molecule has 1 heterocycles. The normalized spacial score (nSPS) is 12.4. The molecule has 1 aromatic heterocycles. The third kappa shape index (κ3) is 4.81. The number of rotatable bonds is 7. The first-order valence-corrected chi connectivity index (χ1v) is 8.48. The molecule has 0 aliphatic heterocycles. The SMILES string of the molecule is COc1ccc(C)cc1C(O)CNCCc1ccc(Br)s1. The number of halogens is 1. The van der Waals surface area contributed by atoms with E-state index in [1.54, 1.807) is 18.4 Å². The number of methoxy groups -OCH3 is 1. The van der Waals surface area contributed by atoms with Gasteiger partial charge in [0, 0.05) is 23.5 Å². The molecule has 0 aliphatic carbocycles. The summed E-state index contributed by atoms with van der Waals surface area (Å²) < 4.78 is 6.46. The lowest BCUT2D eigenvalue weighted by molar-refractivity contribution is 0.171. The highest BCUT2D eigenvalue weighted by molar-refractivity contribution is 9.11. The van der Waals surface area contributed by atoms with Gasteiger partial charge in [-0.25, -0.2) is 0 Å². The quantitative estimate of drug-likeness (QED) is 0.731. The molecule has 2 rings (SSSR count). The molecule has 1 unspecified atom stereocenters. The fourth-order valence-electron chi connectivity index (χ4n) is 2.16. The van der Waals surface area contributed by atoms with Crippen molar-refractivity contribution in [1.82, 2.24) is 5.32 Å². The van der Waals surface area contributed by atoms with Crippen molar-refractivity contribution in [1.29, 1.82) is 0 Å². The van der Waals surface area contributed by atoms with Gasteiger partial charge in [0.05, 0.1) is 17.0 Å². The zero-order valence-corrected chi connectivity index (χ0v) is 14.6. The van der Waals surface area contributed by atoms with Gasteiger partial charge >= 0.3 is 0 Å². The van der Waals surface area contributed by atoms with E-state index >= 15 is 0 Å². The molecular formula is C16H20BrNO2S. The van der Waals surface area contributed by atoms with Crippen LogP contribution >= 0.6 is 27.3 Å². The van der Waals surface area contributed by atoms with E-state index in [4.69, 9.17) is 4.74 Å². The number of thiophene rings is 1. The van der Waals surface area contributed by atoms with Crippen molar-refractivity contribution in [3.8, 4) is 5.75 Å². The summed E-state index contributed by atoms with van der Waals surface area (Å²) in [5.41, 5.74) is 1.96. The van der Waals surface area contributed by atoms with Crippen molar-refractivity contribution in [2.75, 3.05) is 20.2 Å². The van der Waals surface area contributed by atoms with Crippen LogP contribution in [0.4, 0.5) is 0 Å². The van der Waals surface area contributed by atoms with Gasteiger partial charge in [-0.1, -0.05) is 11.6 Å². The molecule has 0 radical (unpaired) electrons. The van der Waals surface area contributed by atoms with Gasteiger partial charge < -0.3 is 15.2 Å². The number of hydrogen-bond donors (Lipinski definition) is 2. The van der Waals surface area contributed by atoms with Gasteiger partial charge in [-0.15, -0.1) is 11.3 Å². The van der Waals surface area contributed by atoms with Crippen molar-refractivity contribution in [2.24, 2.45) is 0 Å². The molecule has 0 saturated carbocycles. The molecule has 0 spiro atoms. The van der Waals surface area contributed by atoms with Crippen LogP contribution in [0.3, 0.4) is 0 Å². The molecule has 114 valence electrons. The Bertz CT molecular complexity index is 585. The molecule has 1 atom stereocenters. The summed E-state index contributed by atoms with van der Waals surface area (Å²) >= 11 is 5.21. The Labute approximate surface area is 138 Å². The highest BCUT2D eigenvalue weighted by atomic mass is 79.9. The Morgan fingerprint density at radius 1 is 1.33 bits per heavy atom. The number of ether oxygens (including phenoxy) is 1. The third-order valence-electron chi connectivity index (χ3n) is 3.26. The third-order valence-corrected chi connectivity index (χ3v) is 4.94. The predicted octanol–water partition coefficient (Wildman–Crippen LogP) is 3.69. The number of nitrogens with one attached hydrogen (secondary N) is 1. The van der Waals surface area contributed by atoms with Crippen LogP contribution in [0.25, 0.3) is 0 Å². The van der Waals surface area contributed by atoms with Crippen LogP contribution in [0.15, 0.2) is 34.1 Å². The molecule has 1 aromatic carbocycles. The van der Waals surface area contributed by atoms with Gasteiger partial charge in [0.2, 0.25) is 0 Å². The fourth-order valence-corrected chi connectivity index (χ4v) is 3.64. The maximum absolute atomic E-state index is 10.3. The lowest BCUT2D eigenvalue weighted by Gasteiger charge is -2.16. The van der Waals surface area contributed by atoms with E-state index < -0.39 is 6.10 Å². The number of hydrogen-bond acceptors (Lipinski definition) is 4. The van der Waals surface area contributed by atoms with Crippen molar-refractivity contribution in [3.63, 3.8) is 0 Å². The summed E-state index contributed by atoms with van der Waals surface area (Å²) in [6, 6.07) is 10.0. The van der Waals surface area contributed by atoms with E-state index in [9.17, 15) is 5.11 Å². The van der Waals surface area contributed by atoms with E-state index in [0.29, 0.717) is 6.54 Å². The minimum Gasteiger partial charge on any atom is -0.496 e. The van der Waals surface area contributed by atoms with Crippen molar-refractivity contribution in [3.05, 3.63) is 50.1 Å². The summed E-state index contributed by atoms with van der Waals surface area (Å²) in [4.78, 5) is 1.33. The van der Waals surface area contributed by atoms with Crippen LogP contribution < -0.4 is 10.1 Å². The molecule has 0 fully saturated rings. The second kappa shape index (κ2) is 7.94. The molecule has 0 saturated heterocycles. The minimum atomic E-state index is -0.560. The maximum atomic E-state index is 10.3. The summed E-state index contributed by atoms with van der Waals surface area (Å²) in [7, 11) is 1.63. The van der Waals surface area contributed by atoms with Gasteiger partial charge in [-0.3, -0.25) is 0 Å². The smallest absolute Gasteiger partial charge is 0.124 e. The van der Waals surface area contributed by atoms with E-state index in [-0.39, 0.29) is 0 Å². The predicted molar refractivity (Wildman–Crippen MR) is 91.3 cm³/mol. The van der Waals surface area contributed by atoms with Crippen LogP contribution in [0, 0.1) is 6.92 Å². The fraction of sp³-hybridized carbons (Fsp3) is 0.375. The maximum Gasteiger partial charge on any atom is 0.124 e. The molecule has 21 heavy (non-hydrogen) atoms. The Kier molecular flexibility index (Phi) is 6.23. The molecule has 5 heteroatoms. The summed E-state index contributed by atoms with van der Waals surface area (Å²) in [5.74, 6) is 0.733. The van der Waals surface area contributed by atoms with E-state index in [1.807, 2.05) is 25.1 Å². The first-order valence-electron chi connectivity index (χ1n) is 6.87. The summed E-state index contributed by atoms with van der Waals surface area (Å²) in [6.45, 7) is 3.38. The zero-order valence-electron chi connectivity index (χ0n) is 12.2. The van der Waals surface area contributed by atoms with E-state index in [1.165, 1.54) is 4.88 Å². The van der Waals surface area contributed by atoms with Crippen molar-refractivity contribution < 1.29 is 9.84 Å². The number of aliphatic hydroxyl groups is 1. The van der Waals surface area contributed by atoms with Crippen LogP contribution in [0.1, 0.15) is 22.1 Å². The molecule has 0 bridgehead atoms. The van der Waals surface area contributed by atoms with Gasteiger partial charge in [0.1, 0.15) is 5.75 Å². The van der Waals surface area contributed by atoms with Crippen LogP contribution in [-0.4, -0.2) is 25.3 Å². The van der Waals surface area contributed by atoms with Crippen molar-refractivity contribution in [2.45, 2.75) is 19.4 Å². The second-order valence-electron chi connectivity index (χ2n) is 4.92. The van der Waals surface area contributed by atoms with E-state index in [2.05, 4.69) is 33.4 Å². The molecule has 2 N–H and O–H groups in total. The van der Waals surface area contributed by atoms with Crippen LogP contribution in [0.5, 0.6) is 5.75 Å². The Morgan fingerprint density at radius 2 is 2.14 bits per heavy atom.